The Hall–Kier alpha value is -2.07. The number of amides is 1. The summed E-state index contributed by atoms with van der Waals surface area (Å²) in [5.41, 5.74) is 5.82. The molecule has 2 atom stereocenters. The van der Waals surface area contributed by atoms with Gasteiger partial charge in [-0.1, -0.05) is 49.7 Å². The largest absolute Gasteiger partial charge is 0.453 e. The van der Waals surface area contributed by atoms with Crippen LogP contribution in [0.1, 0.15) is 38.2 Å². The number of rotatable bonds is 7. The van der Waals surface area contributed by atoms with E-state index in [1.807, 2.05) is 13.0 Å². The summed E-state index contributed by atoms with van der Waals surface area (Å²) in [7, 11) is 0. The van der Waals surface area contributed by atoms with Gasteiger partial charge in [0.2, 0.25) is 5.91 Å². The second-order valence-corrected chi connectivity index (χ2v) is 6.25. The molecule has 2 aromatic carbocycles. The molecule has 0 fully saturated rings. The lowest BCUT2D eigenvalue weighted by Gasteiger charge is -2.20. The number of hydrogen-bond acceptors (Lipinski definition) is 2. The third kappa shape index (κ3) is 4.26. The fourth-order valence-electron chi connectivity index (χ4n) is 2.62. The first-order valence-electron chi connectivity index (χ1n) is 7.94. The van der Waals surface area contributed by atoms with E-state index in [-0.39, 0.29) is 28.5 Å². The van der Waals surface area contributed by atoms with E-state index in [1.54, 1.807) is 43.3 Å². The first kappa shape index (κ1) is 18.3. The Labute approximate surface area is 146 Å². The van der Waals surface area contributed by atoms with Crippen LogP contribution in [0.3, 0.4) is 0 Å². The van der Waals surface area contributed by atoms with Crippen molar-refractivity contribution < 1.29 is 13.9 Å². The molecule has 24 heavy (non-hydrogen) atoms. The zero-order chi connectivity index (χ0) is 17.7. The second-order valence-electron chi connectivity index (χ2n) is 5.84. The zero-order valence-corrected chi connectivity index (χ0v) is 14.5. The van der Waals surface area contributed by atoms with Gasteiger partial charge in [-0.25, -0.2) is 4.39 Å². The normalized spacial score (nSPS) is 13.3. The van der Waals surface area contributed by atoms with E-state index in [9.17, 15) is 9.18 Å². The standard InChI is InChI=1S/C19H21ClFNO2/c1-3-13(11-12(2)19(22)23)15-9-10-16(20)18(17(15)21)24-14-7-5-4-6-8-14/h4-10,12-13H,3,11H2,1-2H3,(H2,22,23)/t12-,13+/m1/s1. The minimum Gasteiger partial charge on any atom is -0.453 e. The molecule has 2 aromatic rings. The van der Waals surface area contributed by atoms with E-state index in [0.29, 0.717) is 24.2 Å². The van der Waals surface area contributed by atoms with Gasteiger partial charge in [0.15, 0.2) is 11.6 Å². The number of primary amides is 1. The SMILES string of the molecule is CC[C@@H](C[C@@H](C)C(N)=O)c1ccc(Cl)c(Oc2ccccc2)c1F. The lowest BCUT2D eigenvalue weighted by molar-refractivity contribution is -0.121. The van der Waals surface area contributed by atoms with E-state index in [2.05, 4.69) is 0 Å². The molecule has 0 aliphatic rings. The maximum Gasteiger partial charge on any atom is 0.220 e. The summed E-state index contributed by atoms with van der Waals surface area (Å²) in [5, 5.41) is 0.206. The van der Waals surface area contributed by atoms with Gasteiger partial charge < -0.3 is 10.5 Å². The molecule has 0 aliphatic heterocycles. The monoisotopic (exact) mass is 349 g/mol. The number of nitrogens with two attached hydrogens (primary N) is 1. The topological polar surface area (TPSA) is 52.3 Å². The van der Waals surface area contributed by atoms with Gasteiger partial charge in [0, 0.05) is 5.92 Å². The van der Waals surface area contributed by atoms with E-state index in [1.165, 1.54) is 0 Å². The van der Waals surface area contributed by atoms with Crippen LogP contribution in [0, 0.1) is 11.7 Å². The van der Waals surface area contributed by atoms with Crippen molar-refractivity contribution in [2.45, 2.75) is 32.6 Å². The van der Waals surface area contributed by atoms with Gasteiger partial charge in [-0.3, -0.25) is 4.79 Å². The highest BCUT2D eigenvalue weighted by Gasteiger charge is 2.23. The van der Waals surface area contributed by atoms with E-state index in [0.717, 1.165) is 0 Å². The number of benzene rings is 2. The second kappa shape index (κ2) is 8.15. The Balaban J connectivity index is 2.34. The summed E-state index contributed by atoms with van der Waals surface area (Å²) < 4.78 is 20.6. The van der Waals surface area contributed by atoms with Gasteiger partial charge in [-0.15, -0.1) is 0 Å². The smallest absolute Gasteiger partial charge is 0.220 e. The summed E-state index contributed by atoms with van der Waals surface area (Å²) in [4.78, 5) is 11.3. The maximum atomic E-state index is 15.0. The maximum absolute atomic E-state index is 15.0. The molecular formula is C19H21ClFNO2. The number of ether oxygens (including phenoxy) is 1. The predicted octanol–water partition coefficient (Wildman–Crippen LogP) is 5.28. The molecule has 1 amide bonds. The van der Waals surface area contributed by atoms with Gasteiger partial charge in [0.25, 0.3) is 0 Å². The molecular weight excluding hydrogens is 329 g/mol. The zero-order valence-electron chi connectivity index (χ0n) is 13.8. The summed E-state index contributed by atoms with van der Waals surface area (Å²) in [6.45, 7) is 3.70. The van der Waals surface area contributed by atoms with Crippen LogP contribution in [0.15, 0.2) is 42.5 Å². The van der Waals surface area contributed by atoms with Crippen LogP contribution in [-0.2, 0) is 4.79 Å². The average molecular weight is 350 g/mol. The fraction of sp³-hybridized carbons (Fsp3) is 0.316. The van der Waals surface area contributed by atoms with Crippen LogP contribution in [-0.4, -0.2) is 5.91 Å². The number of halogens is 2. The summed E-state index contributed by atoms with van der Waals surface area (Å²) >= 11 is 6.12. The van der Waals surface area contributed by atoms with Crippen molar-refractivity contribution in [2.24, 2.45) is 11.7 Å². The summed E-state index contributed by atoms with van der Waals surface area (Å²) in [6, 6.07) is 12.2. The first-order valence-corrected chi connectivity index (χ1v) is 8.31. The molecule has 3 nitrogen and oxygen atoms in total. The molecule has 0 saturated heterocycles. The highest BCUT2D eigenvalue weighted by Crippen LogP contribution is 2.38. The Kier molecular flexibility index (Phi) is 6.21. The predicted molar refractivity (Wildman–Crippen MR) is 93.9 cm³/mol. The third-order valence-corrected chi connectivity index (χ3v) is 4.40. The molecule has 0 heterocycles. The van der Waals surface area contributed by atoms with Crippen molar-refractivity contribution in [3.63, 3.8) is 0 Å². The molecule has 0 spiro atoms. The van der Waals surface area contributed by atoms with Crippen LogP contribution in [0.25, 0.3) is 0 Å². The number of carbonyl (C=O) groups is 1. The highest BCUT2D eigenvalue weighted by molar-refractivity contribution is 6.32. The minimum absolute atomic E-state index is 0.00513. The molecule has 0 unspecified atom stereocenters. The van der Waals surface area contributed by atoms with Crippen molar-refractivity contribution in [2.75, 3.05) is 0 Å². The molecule has 128 valence electrons. The van der Waals surface area contributed by atoms with Gasteiger partial charge >= 0.3 is 0 Å². The number of hydrogen-bond donors (Lipinski definition) is 1. The number of carbonyl (C=O) groups excluding carboxylic acids is 1. The first-order chi connectivity index (χ1) is 11.4. The molecule has 0 saturated carbocycles. The van der Waals surface area contributed by atoms with Crippen molar-refractivity contribution in [3.8, 4) is 11.5 Å². The lowest BCUT2D eigenvalue weighted by Crippen LogP contribution is -2.22. The van der Waals surface area contributed by atoms with Crippen LogP contribution in [0.2, 0.25) is 5.02 Å². The van der Waals surface area contributed by atoms with Gasteiger partial charge in [0.05, 0.1) is 5.02 Å². The molecule has 0 radical (unpaired) electrons. The van der Waals surface area contributed by atoms with Crippen molar-refractivity contribution in [1.82, 2.24) is 0 Å². The molecule has 0 aliphatic carbocycles. The highest BCUT2D eigenvalue weighted by atomic mass is 35.5. The Morgan fingerprint density at radius 3 is 2.50 bits per heavy atom. The van der Waals surface area contributed by atoms with Crippen molar-refractivity contribution in [1.29, 1.82) is 0 Å². The van der Waals surface area contributed by atoms with Gasteiger partial charge in [-0.2, -0.15) is 0 Å². The summed E-state index contributed by atoms with van der Waals surface area (Å²) in [6.07, 6.45) is 1.16. The Bertz CT molecular complexity index is 706. The van der Waals surface area contributed by atoms with E-state index in [4.69, 9.17) is 22.1 Å². The third-order valence-electron chi connectivity index (χ3n) is 4.10. The Morgan fingerprint density at radius 2 is 1.92 bits per heavy atom. The van der Waals surface area contributed by atoms with Gasteiger partial charge in [-0.05, 0) is 42.5 Å². The molecule has 2 rings (SSSR count). The van der Waals surface area contributed by atoms with E-state index >= 15 is 0 Å². The Morgan fingerprint density at radius 1 is 1.25 bits per heavy atom. The van der Waals surface area contributed by atoms with Crippen molar-refractivity contribution >= 4 is 17.5 Å². The van der Waals surface area contributed by atoms with Crippen molar-refractivity contribution in [3.05, 3.63) is 58.9 Å². The molecule has 0 bridgehead atoms. The molecule has 0 aromatic heterocycles. The van der Waals surface area contributed by atoms with Crippen LogP contribution in [0.5, 0.6) is 11.5 Å². The number of para-hydroxylation sites is 1. The van der Waals surface area contributed by atoms with Crippen LogP contribution < -0.4 is 10.5 Å². The summed E-state index contributed by atoms with van der Waals surface area (Å²) in [5.74, 6) is -0.829. The van der Waals surface area contributed by atoms with Crippen LogP contribution >= 0.6 is 11.6 Å². The average Bonchev–Trinajstić information content (AvgIpc) is 2.57. The molecule has 2 N–H and O–H groups in total. The van der Waals surface area contributed by atoms with E-state index < -0.39 is 5.82 Å². The minimum atomic E-state index is -0.491. The van der Waals surface area contributed by atoms with Crippen LogP contribution in [0.4, 0.5) is 4.39 Å². The lowest BCUT2D eigenvalue weighted by atomic mass is 9.87. The van der Waals surface area contributed by atoms with Gasteiger partial charge in [0.1, 0.15) is 5.75 Å². The fourth-order valence-corrected chi connectivity index (χ4v) is 2.80. The quantitative estimate of drug-likeness (QED) is 0.739. The molecule has 5 heteroatoms.